The Morgan fingerprint density at radius 3 is 2.93 bits per heavy atom. The summed E-state index contributed by atoms with van der Waals surface area (Å²) < 4.78 is 1.74. The van der Waals surface area contributed by atoms with E-state index in [0.29, 0.717) is 0 Å². The number of nitrogens with zero attached hydrogens (tertiary/aromatic N) is 2. The van der Waals surface area contributed by atoms with Gasteiger partial charge in [0.05, 0.1) is 16.6 Å². The molecule has 0 amide bonds. The summed E-state index contributed by atoms with van der Waals surface area (Å²) in [6.45, 7) is 0. The Balaban J connectivity index is 2.37. The molecule has 74 valence electrons. The van der Waals surface area contributed by atoms with Gasteiger partial charge in [-0.25, -0.2) is 4.98 Å². The first-order valence-corrected chi connectivity index (χ1v) is 5.43. The van der Waals surface area contributed by atoms with Crippen LogP contribution in [-0.4, -0.2) is 14.5 Å². The Morgan fingerprint density at radius 1 is 1.20 bits per heavy atom. The highest BCUT2D eigenvalue weighted by Gasteiger charge is 2.09. The van der Waals surface area contributed by atoms with Gasteiger partial charge in [-0.2, -0.15) is 0 Å². The van der Waals surface area contributed by atoms with Gasteiger partial charge in [0.15, 0.2) is 11.7 Å². The molecule has 0 aliphatic heterocycles. The van der Waals surface area contributed by atoms with Gasteiger partial charge in [-0.15, -0.1) is 11.3 Å². The number of hydrogen-bond donors (Lipinski definition) is 1. The third-order valence-corrected chi connectivity index (χ3v) is 3.14. The first-order valence-electron chi connectivity index (χ1n) is 4.55. The van der Waals surface area contributed by atoms with Crippen molar-refractivity contribution in [2.45, 2.75) is 0 Å². The summed E-state index contributed by atoms with van der Waals surface area (Å²) >= 11 is 1.61. The molecule has 0 aliphatic carbocycles. The van der Waals surface area contributed by atoms with Crippen molar-refractivity contribution in [1.29, 1.82) is 0 Å². The fourth-order valence-corrected chi connectivity index (χ4v) is 2.32. The summed E-state index contributed by atoms with van der Waals surface area (Å²) in [5.74, 6) is 1.01. The van der Waals surface area contributed by atoms with Gasteiger partial charge in [0.25, 0.3) is 0 Å². The van der Waals surface area contributed by atoms with Crippen LogP contribution in [0.15, 0.2) is 41.9 Å². The zero-order valence-electron chi connectivity index (χ0n) is 7.79. The van der Waals surface area contributed by atoms with Crippen molar-refractivity contribution in [3.63, 3.8) is 0 Å². The summed E-state index contributed by atoms with van der Waals surface area (Å²) in [4.78, 5) is 5.36. The average molecular weight is 216 g/mol. The molecule has 3 aromatic heterocycles. The molecule has 3 nitrogen and oxygen atoms in total. The Morgan fingerprint density at radius 2 is 2.13 bits per heavy atom. The smallest absolute Gasteiger partial charge is 0.197 e. The minimum absolute atomic E-state index is 0.216. The van der Waals surface area contributed by atoms with Gasteiger partial charge in [0, 0.05) is 0 Å². The lowest BCUT2D eigenvalue weighted by Crippen LogP contribution is -1.87. The minimum atomic E-state index is 0.216. The van der Waals surface area contributed by atoms with Gasteiger partial charge >= 0.3 is 0 Å². The van der Waals surface area contributed by atoms with E-state index < -0.39 is 0 Å². The molecule has 0 aliphatic rings. The summed E-state index contributed by atoms with van der Waals surface area (Å²) in [7, 11) is 0. The second-order valence-corrected chi connectivity index (χ2v) is 4.15. The van der Waals surface area contributed by atoms with Crippen LogP contribution in [0.5, 0.6) is 5.88 Å². The van der Waals surface area contributed by atoms with Crippen LogP contribution in [-0.2, 0) is 0 Å². The number of pyridine rings is 1. The van der Waals surface area contributed by atoms with Crippen molar-refractivity contribution in [2.24, 2.45) is 0 Å². The lowest BCUT2D eigenvalue weighted by atomic mass is 10.4. The van der Waals surface area contributed by atoms with Crippen LogP contribution in [0.3, 0.4) is 0 Å². The molecule has 15 heavy (non-hydrogen) atoms. The van der Waals surface area contributed by atoms with Crippen molar-refractivity contribution in [3.8, 4) is 16.6 Å². The van der Waals surface area contributed by atoms with E-state index in [9.17, 15) is 5.11 Å². The van der Waals surface area contributed by atoms with Gasteiger partial charge in [-0.1, -0.05) is 12.1 Å². The number of aromatic hydroxyl groups is 1. The van der Waals surface area contributed by atoms with E-state index in [2.05, 4.69) is 4.98 Å². The zero-order chi connectivity index (χ0) is 10.3. The molecule has 0 saturated carbocycles. The van der Waals surface area contributed by atoms with Gasteiger partial charge in [0.2, 0.25) is 0 Å². The van der Waals surface area contributed by atoms with E-state index in [-0.39, 0.29) is 5.88 Å². The quantitative estimate of drug-likeness (QED) is 0.679. The average Bonchev–Trinajstić information content (AvgIpc) is 2.85. The Bertz CT molecular complexity index is 598. The molecular formula is C11H8N2OS. The van der Waals surface area contributed by atoms with E-state index in [0.717, 1.165) is 16.2 Å². The Hall–Kier alpha value is -1.81. The predicted octanol–water partition coefficient (Wildman–Crippen LogP) is 2.77. The maximum atomic E-state index is 9.77. The molecule has 0 radical (unpaired) electrons. The normalized spacial score (nSPS) is 10.9. The van der Waals surface area contributed by atoms with E-state index in [1.165, 1.54) is 0 Å². The molecule has 0 bridgehead atoms. The lowest BCUT2D eigenvalue weighted by Gasteiger charge is -2.01. The fraction of sp³-hybridized carbons (Fsp3) is 0. The van der Waals surface area contributed by atoms with Gasteiger partial charge < -0.3 is 5.11 Å². The molecule has 3 rings (SSSR count). The molecule has 0 saturated heterocycles. The summed E-state index contributed by atoms with van der Waals surface area (Å²) in [6.07, 6.45) is 1.76. The van der Waals surface area contributed by atoms with Gasteiger partial charge in [-0.3, -0.25) is 4.40 Å². The van der Waals surface area contributed by atoms with Crippen molar-refractivity contribution < 1.29 is 5.11 Å². The maximum absolute atomic E-state index is 9.77. The number of rotatable bonds is 1. The highest BCUT2D eigenvalue weighted by Crippen LogP contribution is 2.27. The number of thiophene rings is 1. The molecule has 1 N–H and O–H groups in total. The van der Waals surface area contributed by atoms with E-state index in [4.69, 9.17) is 0 Å². The Labute approximate surface area is 90.3 Å². The lowest BCUT2D eigenvalue weighted by molar-refractivity contribution is 0.447. The number of fused-ring (bicyclic) bond motifs is 1. The SMILES string of the molecule is Oc1cccc2cnc(-c3cccs3)n12. The van der Waals surface area contributed by atoms with E-state index in [1.54, 1.807) is 28.0 Å². The summed E-state index contributed by atoms with van der Waals surface area (Å²) in [5.41, 5.74) is 0.901. The molecule has 0 atom stereocenters. The van der Waals surface area contributed by atoms with Crippen LogP contribution < -0.4 is 0 Å². The molecule has 0 spiro atoms. The van der Waals surface area contributed by atoms with Gasteiger partial charge in [0.1, 0.15) is 0 Å². The van der Waals surface area contributed by atoms with Crippen LogP contribution in [0.25, 0.3) is 16.2 Å². The minimum Gasteiger partial charge on any atom is -0.494 e. The third kappa shape index (κ3) is 1.22. The van der Waals surface area contributed by atoms with Crippen molar-refractivity contribution in [2.75, 3.05) is 0 Å². The van der Waals surface area contributed by atoms with Crippen molar-refractivity contribution in [1.82, 2.24) is 9.38 Å². The summed E-state index contributed by atoms with van der Waals surface area (Å²) in [5, 5.41) is 11.8. The van der Waals surface area contributed by atoms with Crippen molar-refractivity contribution >= 4 is 16.9 Å². The molecular weight excluding hydrogens is 208 g/mol. The number of imidazole rings is 1. The predicted molar refractivity (Wildman–Crippen MR) is 60.2 cm³/mol. The van der Waals surface area contributed by atoms with Gasteiger partial charge in [-0.05, 0) is 23.6 Å². The number of aromatic nitrogens is 2. The highest BCUT2D eigenvalue weighted by molar-refractivity contribution is 7.13. The Kier molecular flexibility index (Phi) is 1.76. The first-order chi connectivity index (χ1) is 7.36. The highest BCUT2D eigenvalue weighted by atomic mass is 32.1. The molecule has 0 aromatic carbocycles. The molecule has 4 heteroatoms. The second-order valence-electron chi connectivity index (χ2n) is 3.20. The fourth-order valence-electron chi connectivity index (χ4n) is 1.61. The number of hydrogen-bond acceptors (Lipinski definition) is 3. The largest absolute Gasteiger partial charge is 0.494 e. The van der Waals surface area contributed by atoms with Crippen LogP contribution >= 0.6 is 11.3 Å². The molecule has 0 fully saturated rings. The van der Waals surface area contributed by atoms with Crippen LogP contribution in [0.2, 0.25) is 0 Å². The topological polar surface area (TPSA) is 37.5 Å². The van der Waals surface area contributed by atoms with E-state index in [1.807, 2.05) is 29.6 Å². The standard InChI is InChI=1S/C11H8N2OS/c14-10-5-1-3-8-7-12-11(13(8)10)9-4-2-6-15-9/h1-7,14H. The van der Waals surface area contributed by atoms with Crippen LogP contribution in [0, 0.1) is 0 Å². The van der Waals surface area contributed by atoms with Crippen LogP contribution in [0.1, 0.15) is 0 Å². The monoisotopic (exact) mass is 216 g/mol. The summed E-state index contributed by atoms with van der Waals surface area (Å²) in [6, 6.07) is 9.35. The van der Waals surface area contributed by atoms with E-state index >= 15 is 0 Å². The second kappa shape index (κ2) is 3.10. The molecule has 0 unspecified atom stereocenters. The first kappa shape index (κ1) is 8.49. The molecule has 3 heterocycles. The molecule has 3 aromatic rings. The third-order valence-electron chi connectivity index (χ3n) is 2.27. The van der Waals surface area contributed by atoms with Crippen molar-refractivity contribution in [3.05, 3.63) is 41.9 Å². The maximum Gasteiger partial charge on any atom is 0.197 e. The zero-order valence-corrected chi connectivity index (χ0v) is 8.61. The van der Waals surface area contributed by atoms with Crippen LogP contribution in [0.4, 0.5) is 0 Å².